The summed E-state index contributed by atoms with van der Waals surface area (Å²) >= 11 is 12.1. The summed E-state index contributed by atoms with van der Waals surface area (Å²) in [4.78, 5) is 25.3. The van der Waals surface area contributed by atoms with Gasteiger partial charge in [-0.2, -0.15) is 0 Å². The van der Waals surface area contributed by atoms with Gasteiger partial charge in [0, 0.05) is 17.7 Å². The van der Waals surface area contributed by atoms with Crippen molar-refractivity contribution >= 4 is 40.8 Å². The van der Waals surface area contributed by atoms with E-state index in [1.54, 1.807) is 43.3 Å². The van der Waals surface area contributed by atoms with Crippen molar-refractivity contribution in [2.45, 2.75) is 30.7 Å². The molecular weight excluding hydrogens is 373 g/mol. The average molecular weight is 392 g/mol. The normalized spacial score (nSPS) is 21.5. The minimum absolute atomic E-state index is 0.295. The number of anilines is 1. The minimum atomic E-state index is -1.15. The summed E-state index contributed by atoms with van der Waals surface area (Å²) in [7, 11) is 0. The molecule has 0 radical (unpaired) electrons. The smallest absolute Gasteiger partial charge is 0.316 e. The van der Waals surface area contributed by atoms with E-state index in [1.165, 1.54) is 0 Å². The van der Waals surface area contributed by atoms with Crippen LogP contribution >= 0.6 is 23.2 Å². The van der Waals surface area contributed by atoms with Gasteiger partial charge in [-0.25, -0.2) is 0 Å². The molecule has 0 heterocycles. The number of alkyl halides is 2. The molecule has 1 N–H and O–H groups in total. The van der Waals surface area contributed by atoms with Crippen LogP contribution in [-0.4, -0.2) is 16.2 Å². The molecule has 1 amide bonds. The molecule has 0 saturated heterocycles. The second-order valence-corrected chi connectivity index (χ2v) is 8.25. The predicted molar refractivity (Wildman–Crippen MR) is 102 cm³/mol. The molecule has 2 atom stereocenters. The zero-order valence-corrected chi connectivity index (χ0v) is 16.0. The van der Waals surface area contributed by atoms with Crippen molar-refractivity contribution in [2.24, 2.45) is 5.41 Å². The molecule has 1 aliphatic rings. The molecule has 1 aliphatic carbocycles. The van der Waals surface area contributed by atoms with Crippen LogP contribution in [0, 0.1) is 12.3 Å². The number of benzene rings is 2. The van der Waals surface area contributed by atoms with Gasteiger partial charge >= 0.3 is 5.97 Å². The molecule has 6 heteroatoms. The van der Waals surface area contributed by atoms with Gasteiger partial charge in [0.25, 0.3) is 5.91 Å². The summed E-state index contributed by atoms with van der Waals surface area (Å²) in [5.41, 5.74) is 1.27. The van der Waals surface area contributed by atoms with Crippen LogP contribution in [-0.2, 0) is 14.3 Å². The largest absolute Gasteiger partial charge is 0.447 e. The van der Waals surface area contributed by atoms with E-state index in [0.29, 0.717) is 17.7 Å². The van der Waals surface area contributed by atoms with E-state index >= 15 is 0 Å². The maximum Gasteiger partial charge on any atom is 0.316 e. The number of esters is 1. The van der Waals surface area contributed by atoms with Crippen molar-refractivity contribution in [1.82, 2.24) is 0 Å². The summed E-state index contributed by atoms with van der Waals surface area (Å²) < 4.78 is 4.38. The molecule has 0 spiro atoms. The van der Waals surface area contributed by atoms with Crippen molar-refractivity contribution in [3.8, 4) is 0 Å². The van der Waals surface area contributed by atoms with Gasteiger partial charge in [-0.3, -0.25) is 9.59 Å². The van der Waals surface area contributed by atoms with Crippen LogP contribution in [0.15, 0.2) is 54.6 Å². The Bertz CT molecular complexity index is 821. The monoisotopic (exact) mass is 391 g/mol. The van der Waals surface area contributed by atoms with Gasteiger partial charge in [-0.05, 0) is 26.0 Å². The molecular formula is C20H19Cl2NO3. The molecule has 0 aliphatic heterocycles. The lowest BCUT2D eigenvalue weighted by Gasteiger charge is -2.21. The summed E-state index contributed by atoms with van der Waals surface area (Å²) in [5.74, 6) is -1.03. The highest BCUT2D eigenvalue weighted by Crippen LogP contribution is 2.64. The fourth-order valence-corrected chi connectivity index (χ4v) is 3.29. The summed E-state index contributed by atoms with van der Waals surface area (Å²) in [6, 6.07) is 16.2. The van der Waals surface area contributed by atoms with Crippen molar-refractivity contribution in [3.05, 3.63) is 65.7 Å². The fraction of sp³-hybridized carbons (Fsp3) is 0.300. The lowest BCUT2D eigenvalue weighted by molar-refractivity contribution is -0.159. The van der Waals surface area contributed by atoms with E-state index in [1.807, 2.05) is 25.1 Å². The molecule has 0 aromatic heterocycles. The van der Waals surface area contributed by atoms with Crippen molar-refractivity contribution < 1.29 is 14.3 Å². The number of amides is 1. The maximum absolute atomic E-state index is 12.8. The van der Waals surface area contributed by atoms with Gasteiger partial charge in [0.15, 0.2) is 0 Å². The lowest BCUT2D eigenvalue weighted by atomic mass is 10.1. The average Bonchev–Trinajstić information content (AvgIpc) is 3.14. The molecule has 2 aromatic rings. The van der Waals surface area contributed by atoms with Crippen molar-refractivity contribution in [3.63, 3.8) is 0 Å². The van der Waals surface area contributed by atoms with Crippen LogP contribution in [0.5, 0.6) is 0 Å². The Hall–Kier alpha value is -2.04. The van der Waals surface area contributed by atoms with E-state index in [4.69, 9.17) is 27.9 Å². The Balaban J connectivity index is 1.81. The van der Waals surface area contributed by atoms with Gasteiger partial charge in [0.1, 0.15) is 9.75 Å². The first-order valence-corrected chi connectivity index (χ1v) is 9.00. The molecule has 26 heavy (non-hydrogen) atoms. The quantitative estimate of drug-likeness (QED) is 0.587. The fourth-order valence-electron chi connectivity index (χ4n) is 2.60. The number of halogens is 2. The number of rotatable bonds is 5. The molecule has 4 nitrogen and oxygen atoms in total. The second-order valence-electron chi connectivity index (χ2n) is 6.76. The topological polar surface area (TPSA) is 55.4 Å². The summed E-state index contributed by atoms with van der Waals surface area (Å²) in [6.45, 7) is 3.59. The third kappa shape index (κ3) is 3.71. The standard InChI is InChI=1S/C20H19Cl2NO3/c1-13-8-10-15(11-9-13)23-17(24)16(14-6-4-3-5-7-14)26-18(25)19(2)12-20(19,21)22/h3-11,16H,12H2,1-2H3,(H,23,24)/t16-,19-/m0/s1. The molecule has 0 bridgehead atoms. The Morgan fingerprint density at radius 3 is 2.19 bits per heavy atom. The lowest BCUT2D eigenvalue weighted by Crippen LogP contribution is -2.30. The number of hydrogen-bond donors (Lipinski definition) is 1. The SMILES string of the molecule is Cc1ccc(NC(=O)[C@@H](OC(=O)[C@]2(C)CC2(Cl)Cl)c2ccccc2)cc1. The Kier molecular flexibility index (Phi) is 5.00. The zero-order chi connectivity index (χ0) is 18.9. The predicted octanol–water partition coefficient (Wildman–Crippen LogP) is 4.80. The van der Waals surface area contributed by atoms with Gasteiger partial charge in [-0.1, -0.05) is 48.0 Å². The van der Waals surface area contributed by atoms with Crippen LogP contribution in [0.4, 0.5) is 5.69 Å². The first-order valence-electron chi connectivity index (χ1n) is 8.24. The van der Waals surface area contributed by atoms with E-state index in [-0.39, 0.29) is 0 Å². The molecule has 1 fully saturated rings. The summed E-state index contributed by atoms with van der Waals surface area (Å²) in [5, 5.41) is 2.78. The van der Waals surface area contributed by atoms with E-state index in [2.05, 4.69) is 5.32 Å². The first kappa shape index (κ1) is 18.7. The van der Waals surface area contributed by atoms with E-state index in [0.717, 1.165) is 5.56 Å². The third-order valence-corrected chi connectivity index (χ3v) is 5.69. The Labute approximate surface area is 162 Å². The minimum Gasteiger partial charge on any atom is -0.447 e. The number of carbonyl (C=O) groups is 2. The molecule has 1 saturated carbocycles. The molecule has 0 unspecified atom stereocenters. The van der Waals surface area contributed by atoms with Crippen LogP contribution in [0.25, 0.3) is 0 Å². The van der Waals surface area contributed by atoms with Crippen LogP contribution in [0.1, 0.15) is 30.6 Å². The second kappa shape index (κ2) is 6.93. The van der Waals surface area contributed by atoms with Gasteiger partial charge < -0.3 is 10.1 Å². The first-order chi connectivity index (χ1) is 12.2. The van der Waals surface area contributed by atoms with Gasteiger partial charge in [0.2, 0.25) is 6.10 Å². The highest BCUT2D eigenvalue weighted by atomic mass is 35.5. The van der Waals surface area contributed by atoms with Crippen LogP contribution in [0.2, 0.25) is 0 Å². The number of nitrogens with one attached hydrogen (secondary N) is 1. The zero-order valence-electron chi connectivity index (χ0n) is 14.5. The molecule has 136 valence electrons. The Morgan fingerprint density at radius 1 is 1.08 bits per heavy atom. The van der Waals surface area contributed by atoms with Crippen molar-refractivity contribution in [2.75, 3.05) is 5.32 Å². The number of hydrogen-bond acceptors (Lipinski definition) is 3. The van der Waals surface area contributed by atoms with Gasteiger partial charge in [-0.15, -0.1) is 23.2 Å². The van der Waals surface area contributed by atoms with Gasteiger partial charge in [0.05, 0.1) is 0 Å². The molecule has 2 aromatic carbocycles. The number of ether oxygens (including phenoxy) is 1. The molecule has 3 rings (SSSR count). The van der Waals surface area contributed by atoms with Crippen molar-refractivity contribution in [1.29, 1.82) is 0 Å². The number of aryl methyl sites for hydroxylation is 1. The number of carbonyl (C=O) groups excluding carboxylic acids is 2. The van der Waals surface area contributed by atoms with E-state index < -0.39 is 27.7 Å². The Morgan fingerprint density at radius 2 is 1.65 bits per heavy atom. The highest BCUT2D eigenvalue weighted by molar-refractivity contribution is 6.53. The highest BCUT2D eigenvalue weighted by Gasteiger charge is 2.69. The van der Waals surface area contributed by atoms with E-state index in [9.17, 15) is 9.59 Å². The van der Waals surface area contributed by atoms with Crippen LogP contribution in [0.3, 0.4) is 0 Å². The third-order valence-electron chi connectivity index (χ3n) is 4.59. The summed E-state index contributed by atoms with van der Waals surface area (Å²) in [6.07, 6.45) is -0.796. The maximum atomic E-state index is 12.8. The van der Waals surface area contributed by atoms with Crippen LogP contribution < -0.4 is 5.32 Å².